The quantitative estimate of drug-likeness (QED) is 0.743. The van der Waals surface area contributed by atoms with E-state index in [1.807, 2.05) is 20.9 Å². The molecule has 0 unspecified atom stereocenters. The van der Waals surface area contributed by atoms with Gasteiger partial charge in [-0.3, -0.25) is 9.59 Å². The lowest BCUT2D eigenvalue weighted by Crippen LogP contribution is -2.35. The fraction of sp³-hybridized carbons (Fsp3) is 0.818. The van der Waals surface area contributed by atoms with Crippen molar-refractivity contribution in [3.8, 4) is 0 Å². The summed E-state index contributed by atoms with van der Waals surface area (Å²) < 4.78 is 0. The molecular weight excluding hydrogens is 206 g/mol. The van der Waals surface area contributed by atoms with Crippen molar-refractivity contribution in [2.45, 2.75) is 26.7 Å². The molecule has 1 saturated heterocycles. The standard InChI is InChI=1S/C9H17N3O2.C2H6/c1-11-4-3-9(14)12(7-6-11)5-2-8(10)13;1-2/h2-7H2,1H3,(H2,10,13);1-2H3. The normalized spacial score (nSPS) is 17.4. The van der Waals surface area contributed by atoms with E-state index in [9.17, 15) is 9.59 Å². The van der Waals surface area contributed by atoms with Gasteiger partial charge >= 0.3 is 0 Å². The van der Waals surface area contributed by atoms with Crippen molar-refractivity contribution in [2.24, 2.45) is 5.73 Å². The molecular formula is C11H23N3O2. The van der Waals surface area contributed by atoms with Gasteiger partial charge in [-0.1, -0.05) is 13.8 Å². The smallest absolute Gasteiger partial charge is 0.223 e. The van der Waals surface area contributed by atoms with E-state index >= 15 is 0 Å². The third-order valence-electron chi connectivity index (χ3n) is 2.44. The van der Waals surface area contributed by atoms with E-state index in [-0.39, 0.29) is 18.2 Å². The lowest BCUT2D eigenvalue weighted by molar-refractivity contribution is -0.130. The van der Waals surface area contributed by atoms with E-state index in [2.05, 4.69) is 4.90 Å². The first-order valence-corrected chi connectivity index (χ1v) is 5.84. The van der Waals surface area contributed by atoms with Gasteiger partial charge in [0.25, 0.3) is 0 Å². The number of hydrogen-bond donors (Lipinski definition) is 1. The Bertz CT molecular complexity index is 231. The van der Waals surface area contributed by atoms with Crippen LogP contribution in [-0.4, -0.2) is 54.8 Å². The van der Waals surface area contributed by atoms with Crippen molar-refractivity contribution >= 4 is 11.8 Å². The van der Waals surface area contributed by atoms with Crippen LogP contribution in [0.1, 0.15) is 26.7 Å². The number of nitrogens with zero attached hydrogens (tertiary/aromatic N) is 2. The van der Waals surface area contributed by atoms with E-state index < -0.39 is 0 Å². The fourth-order valence-electron chi connectivity index (χ4n) is 1.45. The molecule has 0 aromatic carbocycles. The third-order valence-corrected chi connectivity index (χ3v) is 2.44. The van der Waals surface area contributed by atoms with Gasteiger partial charge < -0.3 is 15.5 Å². The average Bonchev–Trinajstić information content (AvgIpc) is 2.42. The molecule has 94 valence electrons. The molecule has 0 spiro atoms. The Morgan fingerprint density at radius 1 is 1.31 bits per heavy atom. The van der Waals surface area contributed by atoms with Crippen LogP contribution in [0.4, 0.5) is 0 Å². The molecule has 0 bridgehead atoms. The van der Waals surface area contributed by atoms with Gasteiger partial charge in [0.1, 0.15) is 0 Å². The first-order chi connectivity index (χ1) is 7.59. The maximum absolute atomic E-state index is 11.5. The molecule has 0 radical (unpaired) electrons. The van der Waals surface area contributed by atoms with Gasteiger partial charge in [-0.25, -0.2) is 0 Å². The molecule has 2 amide bonds. The Hall–Kier alpha value is -1.10. The summed E-state index contributed by atoms with van der Waals surface area (Å²) in [5, 5.41) is 0. The summed E-state index contributed by atoms with van der Waals surface area (Å²) in [5.74, 6) is -0.231. The number of likely N-dealkylation sites (N-methyl/N-ethyl adjacent to an activating group) is 1. The Morgan fingerprint density at radius 3 is 2.50 bits per heavy atom. The van der Waals surface area contributed by atoms with Crippen LogP contribution in [0, 0.1) is 0 Å². The van der Waals surface area contributed by atoms with Crippen molar-refractivity contribution in [3.05, 3.63) is 0 Å². The summed E-state index contributed by atoms with van der Waals surface area (Å²) >= 11 is 0. The van der Waals surface area contributed by atoms with Crippen LogP contribution < -0.4 is 5.73 Å². The largest absolute Gasteiger partial charge is 0.370 e. The SMILES string of the molecule is CC.CN1CCC(=O)N(CCC(N)=O)CC1. The van der Waals surface area contributed by atoms with Crippen LogP contribution in [0.2, 0.25) is 0 Å². The molecule has 1 rings (SSSR count). The molecule has 1 aliphatic heterocycles. The summed E-state index contributed by atoms with van der Waals surface area (Å²) in [6, 6.07) is 0. The van der Waals surface area contributed by atoms with E-state index in [1.54, 1.807) is 4.90 Å². The fourth-order valence-corrected chi connectivity index (χ4v) is 1.45. The number of primary amides is 1. The second-order valence-electron chi connectivity index (χ2n) is 3.65. The van der Waals surface area contributed by atoms with Crippen molar-refractivity contribution in [1.82, 2.24) is 9.80 Å². The van der Waals surface area contributed by atoms with Crippen LogP contribution in [0.3, 0.4) is 0 Å². The van der Waals surface area contributed by atoms with Gasteiger partial charge in [0, 0.05) is 39.0 Å². The van der Waals surface area contributed by atoms with Crippen molar-refractivity contribution < 1.29 is 9.59 Å². The van der Waals surface area contributed by atoms with Crippen LogP contribution in [0.15, 0.2) is 0 Å². The Morgan fingerprint density at radius 2 is 1.94 bits per heavy atom. The molecule has 2 N–H and O–H groups in total. The van der Waals surface area contributed by atoms with Gasteiger partial charge in [-0.15, -0.1) is 0 Å². The summed E-state index contributed by atoms with van der Waals surface area (Å²) in [6.45, 7) is 6.82. The molecule has 5 nitrogen and oxygen atoms in total. The summed E-state index contributed by atoms with van der Waals surface area (Å²) in [4.78, 5) is 25.9. The summed E-state index contributed by atoms with van der Waals surface area (Å²) in [7, 11) is 1.99. The topological polar surface area (TPSA) is 66.6 Å². The summed E-state index contributed by atoms with van der Waals surface area (Å²) in [6.07, 6.45) is 0.796. The highest BCUT2D eigenvalue weighted by Crippen LogP contribution is 2.03. The molecule has 1 fully saturated rings. The van der Waals surface area contributed by atoms with Gasteiger partial charge in [-0.05, 0) is 7.05 Å². The molecule has 1 heterocycles. The minimum Gasteiger partial charge on any atom is -0.370 e. The predicted octanol–water partition coefficient (Wildman–Crippen LogP) is 0.0521. The molecule has 5 heteroatoms. The van der Waals surface area contributed by atoms with Crippen LogP contribution in [0.25, 0.3) is 0 Å². The second-order valence-corrected chi connectivity index (χ2v) is 3.65. The Labute approximate surface area is 97.6 Å². The summed E-state index contributed by atoms with van der Waals surface area (Å²) in [5.41, 5.74) is 5.03. The minimum absolute atomic E-state index is 0.121. The lowest BCUT2D eigenvalue weighted by atomic mass is 10.3. The number of rotatable bonds is 3. The zero-order valence-electron chi connectivity index (χ0n) is 10.5. The molecule has 0 aliphatic carbocycles. The Balaban J connectivity index is 0.00000106. The van der Waals surface area contributed by atoms with Gasteiger partial charge in [-0.2, -0.15) is 0 Å². The number of amides is 2. The van der Waals surface area contributed by atoms with Crippen molar-refractivity contribution in [3.63, 3.8) is 0 Å². The molecule has 0 aromatic rings. The number of hydrogen-bond acceptors (Lipinski definition) is 3. The molecule has 0 atom stereocenters. The van der Waals surface area contributed by atoms with Crippen LogP contribution in [0.5, 0.6) is 0 Å². The van der Waals surface area contributed by atoms with Gasteiger partial charge in [0.05, 0.1) is 0 Å². The highest BCUT2D eigenvalue weighted by molar-refractivity contribution is 5.78. The molecule has 1 aliphatic rings. The van der Waals surface area contributed by atoms with Gasteiger partial charge in [0.2, 0.25) is 11.8 Å². The maximum Gasteiger partial charge on any atom is 0.223 e. The average molecular weight is 229 g/mol. The first-order valence-electron chi connectivity index (χ1n) is 5.84. The second kappa shape index (κ2) is 8.10. The van der Waals surface area contributed by atoms with Gasteiger partial charge in [0.15, 0.2) is 0 Å². The molecule has 0 aromatic heterocycles. The predicted molar refractivity (Wildman–Crippen MR) is 63.9 cm³/mol. The first kappa shape index (κ1) is 14.9. The Kier molecular flexibility index (Phi) is 7.54. The third kappa shape index (κ3) is 5.70. The molecule has 16 heavy (non-hydrogen) atoms. The zero-order valence-corrected chi connectivity index (χ0v) is 10.5. The lowest BCUT2D eigenvalue weighted by Gasteiger charge is -2.19. The maximum atomic E-state index is 11.5. The van der Waals surface area contributed by atoms with E-state index in [1.165, 1.54) is 0 Å². The van der Waals surface area contributed by atoms with E-state index in [4.69, 9.17) is 5.73 Å². The van der Waals surface area contributed by atoms with Crippen molar-refractivity contribution in [1.29, 1.82) is 0 Å². The van der Waals surface area contributed by atoms with E-state index in [0.717, 1.165) is 13.1 Å². The zero-order chi connectivity index (χ0) is 12.6. The van der Waals surface area contributed by atoms with E-state index in [0.29, 0.717) is 19.5 Å². The molecule has 0 saturated carbocycles. The number of nitrogens with two attached hydrogens (primary N) is 1. The highest BCUT2D eigenvalue weighted by atomic mass is 16.2. The minimum atomic E-state index is -0.351. The highest BCUT2D eigenvalue weighted by Gasteiger charge is 2.18. The van der Waals surface area contributed by atoms with Crippen molar-refractivity contribution in [2.75, 3.05) is 33.2 Å². The van der Waals surface area contributed by atoms with Crippen LogP contribution in [-0.2, 0) is 9.59 Å². The number of carbonyl (C=O) groups excluding carboxylic acids is 2. The monoisotopic (exact) mass is 229 g/mol. The van der Waals surface area contributed by atoms with Crippen LogP contribution >= 0.6 is 0 Å². The number of carbonyl (C=O) groups is 2.